The molecule has 4 heteroatoms. The molecule has 2 heterocycles. The van der Waals surface area contributed by atoms with Crippen molar-refractivity contribution in [2.24, 2.45) is 9.63 Å². The van der Waals surface area contributed by atoms with Crippen LogP contribution in [0.2, 0.25) is 0 Å². The molecule has 1 aromatic rings. The van der Waals surface area contributed by atoms with Gasteiger partial charge in [0, 0.05) is 16.8 Å². The number of nitrogens with one attached hydrogen (secondary N) is 1. The van der Waals surface area contributed by atoms with Gasteiger partial charge in [0.15, 0.2) is 0 Å². The third kappa shape index (κ3) is 0.986. The average molecular weight is 191 g/mol. The summed E-state index contributed by atoms with van der Waals surface area (Å²) in [5.41, 5.74) is 2.56. The minimum atomic E-state index is -1.16. The van der Waals surface area contributed by atoms with Crippen molar-refractivity contribution in [3.05, 3.63) is 41.4 Å². The zero-order valence-corrected chi connectivity index (χ0v) is 7.79. The SMILES string of the molecule is C1=CS2(Cc3ccccc3N2)N=N1. The molecule has 1 aromatic carbocycles. The van der Waals surface area contributed by atoms with Crippen LogP contribution in [0.25, 0.3) is 0 Å². The first-order valence-corrected chi connectivity index (χ1v) is 5.96. The van der Waals surface area contributed by atoms with E-state index in [-0.39, 0.29) is 0 Å². The highest BCUT2D eigenvalue weighted by Crippen LogP contribution is 2.61. The fourth-order valence-corrected chi connectivity index (χ4v) is 3.78. The van der Waals surface area contributed by atoms with E-state index in [1.54, 1.807) is 6.20 Å². The van der Waals surface area contributed by atoms with Crippen molar-refractivity contribution in [3.8, 4) is 0 Å². The van der Waals surface area contributed by atoms with Gasteiger partial charge in [-0.3, -0.25) is 0 Å². The lowest BCUT2D eigenvalue weighted by Crippen LogP contribution is -1.96. The average Bonchev–Trinajstić information content (AvgIpc) is 2.72. The second-order valence-electron chi connectivity index (χ2n) is 3.14. The second-order valence-corrected chi connectivity index (χ2v) is 5.58. The summed E-state index contributed by atoms with van der Waals surface area (Å²) in [5, 5.41) is 6.01. The van der Waals surface area contributed by atoms with Crippen LogP contribution < -0.4 is 4.72 Å². The normalized spacial score (nSPS) is 32.9. The molecule has 0 amide bonds. The van der Waals surface area contributed by atoms with Crippen molar-refractivity contribution < 1.29 is 0 Å². The maximum Gasteiger partial charge on any atom is 0.0584 e. The Hall–Kier alpha value is -1.29. The van der Waals surface area contributed by atoms with E-state index in [4.69, 9.17) is 0 Å². The fourth-order valence-electron chi connectivity index (χ4n) is 1.61. The Labute approximate surface area is 78.2 Å². The largest absolute Gasteiger partial charge is 0.325 e. The molecule has 1 N–H and O–H groups in total. The van der Waals surface area contributed by atoms with Crippen LogP contribution in [0.1, 0.15) is 5.56 Å². The summed E-state index contributed by atoms with van der Waals surface area (Å²) in [6.07, 6.45) is 1.79. The van der Waals surface area contributed by atoms with E-state index in [9.17, 15) is 0 Å². The van der Waals surface area contributed by atoms with E-state index >= 15 is 0 Å². The predicted octanol–water partition coefficient (Wildman–Crippen LogP) is 3.18. The molecule has 1 atom stereocenters. The van der Waals surface area contributed by atoms with E-state index in [1.165, 1.54) is 11.3 Å². The minimum Gasteiger partial charge on any atom is -0.325 e. The van der Waals surface area contributed by atoms with Gasteiger partial charge in [-0.2, -0.15) is 5.11 Å². The molecule has 3 nitrogen and oxygen atoms in total. The first kappa shape index (κ1) is 7.15. The zero-order valence-electron chi connectivity index (χ0n) is 6.97. The number of anilines is 1. The topological polar surface area (TPSA) is 36.8 Å². The van der Waals surface area contributed by atoms with E-state index in [0.29, 0.717) is 0 Å². The number of benzene rings is 1. The zero-order chi connectivity index (χ0) is 8.73. The molecule has 3 rings (SSSR count). The highest BCUT2D eigenvalue weighted by Gasteiger charge is 2.31. The Balaban J connectivity index is 2.06. The van der Waals surface area contributed by atoms with E-state index in [0.717, 1.165) is 5.75 Å². The van der Waals surface area contributed by atoms with Gasteiger partial charge in [0.25, 0.3) is 0 Å². The van der Waals surface area contributed by atoms with Crippen molar-refractivity contribution in [2.45, 2.75) is 5.75 Å². The molecular weight excluding hydrogens is 182 g/mol. The number of nitrogens with zero attached hydrogens (tertiary/aromatic N) is 2. The molecule has 0 fully saturated rings. The first-order chi connectivity index (χ1) is 6.38. The van der Waals surface area contributed by atoms with Crippen LogP contribution in [0.5, 0.6) is 0 Å². The Kier molecular flexibility index (Phi) is 1.29. The third-order valence-electron chi connectivity index (χ3n) is 2.23. The fraction of sp³-hybridized carbons (Fsp3) is 0.111. The lowest BCUT2D eigenvalue weighted by atomic mass is 10.2. The Bertz CT molecular complexity index is 372. The van der Waals surface area contributed by atoms with Crippen LogP contribution in [-0.2, 0) is 5.75 Å². The van der Waals surface area contributed by atoms with Crippen molar-refractivity contribution in [1.29, 1.82) is 0 Å². The minimum absolute atomic E-state index is 0.989. The quantitative estimate of drug-likeness (QED) is 0.671. The molecule has 2 aliphatic heterocycles. The molecule has 1 unspecified atom stereocenters. The van der Waals surface area contributed by atoms with Crippen LogP contribution in [0.3, 0.4) is 0 Å². The van der Waals surface area contributed by atoms with Gasteiger partial charge >= 0.3 is 0 Å². The molecule has 2 aliphatic rings. The van der Waals surface area contributed by atoms with Crippen LogP contribution in [0.15, 0.2) is 45.5 Å². The molecule has 0 bridgehead atoms. The summed E-state index contributed by atoms with van der Waals surface area (Å²) in [6.45, 7) is 0. The lowest BCUT2D eigenvalue weighted by molar-refractivity contribution is 1.35. The van der Waals surface area contributed by atoms with Gasteiger partial charge in [-0.05, 0) is 22.0 Å². The molecule has 0 aromatic heterocycles. The lowest BCUT2D eigenvalue weighted by Gasteiger charge is -2.21. The summed E-state index contributed by atoms with van der Waals surface area (Å²) in [7, 11) is -1.16. The van der Waals surface area contributed by atoms with Crippen molar-refractivity contribution in [1.82, 2.24) is 0 Å². The van der Waals surface area contributed by atoms with Gasteiger partial charge in [0.05, 0.1) is 6.20 Å². The Morgan fingerprint density at radius 1 is 1.31 bits per heavy atom. The van der Waals surface area contributed by atoms with Gasteiger partial charge in [-0.15, -0.1) is 4.52 Å². The third-order valence-corrected chi connectivity index (χ3v) is 4.51. The predicted molar refractivity (Wildman–Crippen MR) is 55.4 cm³/mol. The summed E-state index contributed by atoms with van der Waals surface area (Å²) in [4.78, 5) is 0. The van der Waals surface area contributed by atoms with Gasteiger partial charge < -0.3 is 4.72 Å². The van der Waals surface area contributed by atoms with Crippen LogP contribution in [0.4, 0.5) is 5.69 Å². The van der Waals surface area contributed by atoms with Crippen molar-refractivity contribution in [3.63, 3.8) is 0 Å². The first-order valence-electron chi connectivity index (χ1n) is 4.13. The number of rotatable bonds is 0. The molecule has 1 spiro atoms. The van der Waals surface area contributed by atoms with Gasteiger partial charge in [0.1, 0.15) is 0 Å². The molecule has 0 radical (unpaired) electrons. The highest BCUT2D eigenvalue weighted by molar-refractivity contribution is 8.35. The van der Waals surface area contributed by atoms with Crippen molar-refractivity contribution >= 4 is 16.1 Å². The molecule has 0 aliphatic carbocycles. The van der Waals surface area contributed by atoms with Gasteiger partial charge in [0.2, 0.25) is 0 Å². The standard InChI is InChI=1S/C9H9N3S/c1-2-4-9-8(3-1)7-13(11-9)6-5-10-12-13/h1-6,11H,7H2. The van der Waals surface area contributed by atoms with E-state index in [1.807, 2.05) is 6.07 Å². The van der Waals surface area contributed by atoms with Gasteiger partial charge in [-0.25, -0.2) is 0 Å². The molecule has 13 heavy (non-hydrogen) atoms. The second kappa shape index (κ2) is 2.35. The van der Waals surface area contributed by atoms with Gasteiger partial charge in [-0.1, -0.05) is 18.2 Å². The Morgan fingerprint density at radius 3 is 3.00 bits per heavy atom. The van der Waals surface area contributed by atoms with E-state index in [2.05, 4.69) is 38.0 Å². The summed E-state index contributed by atoms with van der Waals surface area (Å²) in [5.74, 6) is 0.989. The molecule has 0 saturated carbocycles. The number of hydrogen-bond donors (Lipinski definition) is 1. The highest BCUT2D eigenvalue weighted by atomic mass is 32.3. The maximum atomic E-state index is 4.27. The van der Waals surface area contributed by atoms with E-state index < -0.39 is 10.4 Å². The Morgan fingerprint density at radius 2 is 2.23 bits per heavy atom. The van der Waals surface area contributed by atoms with Crippen LogP contribution in [-0.4, -0.2) is 0 Å². The molecule has 0 saturated heterocycles. The number of hydrogen-bond acceptors (Lipinski definition) is 3. The van der Waals surface area contributed by atoms with Crippen LogP contribution in [0, 0.1) is 0 Å². The number of para-hydroxylation sites is 1. The molecular formula is C9H9N3S. The smallest absolute Gasteiger partial charge is 0.0584 e. The molecule has 66 valence electrons. The monoisotopic (exact) mass is 191 g/mol. The van der Waals surface area contributed by atoms with Crippen LogP contribution >= 0.6 is 10.4 Å². The summed E-state index contributed by atoms with van der Waals surface area (Å²) < 4.78 is 7.71. The summed E-state index contributed by atoms with van der Waals surface area (Å²) in [6, 6.07) is 8.35. The number of fused-ring (bicyclic) bond motifs is 1. The van der Waals surface area contributed by atoms with Crippen molar-refractivity contribution in [2.75, 3.05) is 4.72 Å². The summed E-state index contributed by atoms with van der Waals surface area (Å²) >= 11 is 0. The maximum absolute atomic E-state index is 4.27.